The van der Waals surface area contributed by atoms with Gasteiger partial charge in [0, 0.05) is 24.7 Å². The third kappa shape index (κ3) is 1.86. The molecular weight excluding hydrogens is 184 g/mol. The summed E-state index contributed by atoms with van der Waals surface area (Å²) >= 11 is 0. The number of carbonyl (C=O) groups is 1. The van der Waals surface area contributed by atoms with Gasteiger partial charge in [0.1, 0.15) is 0 Å². The Kier molecular flexibility index (Phi) is 2.78. The molecule has 2 N–H and O–H groups in total. The molecule has 0 aromatic carbocycles. The summed E-state index contributed by atoms with van der Waals surface area (Å²) in [6, 6.07) is 0. The van der Waals surface area contributed by atoms with Gasteiger partial charge < -0.3 is 5.11 Å². The predicted molar refractivity (Wildman–Crippen MR) is 51.3 cm³/mol. The number of carboxylic acid groups (broad SMARTS) is 1. The highest BCUT2D eigenvalue weighted by molar-refractivity contribution is 5.69. The summed E-state index contributed by atoms with van der Waals surface area (Å²) in [5.41, 5.74) is 1.20. The van der Waals surface area contributed by atoms with Crippen molar-refractivity contribution in [3.8, 4) is 0 Å². The van der Waals surface area contributed by atoms with Crippen molar-refractivity contribution in [3.05, 3.63) is 21.6 Å². The molecule has 1 rings (SSSR count). The monoisotopic (exact) mass is 198 g/mol. The molecule has 14 heavy (non-hydrogen) atoms. The SMILES string of the molecule is Cc1c(CC(C)C(=O)O)[nH]n(C)c1=O. The molecule has 0 aliphatic rings. The average molecular weight is 198 g/mol. The molecule has 0 fully saturated rings. The van der Waals surface area contributed by atoms with Crippen LogP contribution in [0.1, 0.15) is 18.2 Å². The summed E-state index contributed by atoms with van der Waals surface area (Å²) in [6.07, 6.45) is 0.358. The Morgan fingerprint density at radius 3 is 2.57 bits per heavy atom. The Morgan fingerprint density at radius 2 is 2.21 bits per heavy atom. The maximum Gasteiger partial charge on any atom is 0.306 e. The Labute approximate surface area is 81.3 Å². The number of hydrogen-bond acceptors (Lipinski definition) is 2. The van der Waals surface area contributed by atoms with Crippen molar-refractivity contribution in [2.24, 2.45) is 13.0 Å². The van der Waals surface area contributed by atoms with E-state index in [1.807, 2.05) is 0 Å². The molecule has 1 atom stereocenters. The highest BCUT2D eigenvalue weighted by Crippen LogP contribution is 2.07. The number of carboxylic acids is 1. The first-order valence-electron chi connectivity index (χ1n) is 4.40. The van der Waals surface area contributed by atoms with Crippen LogP contribution in [0, 0.1) is 12.8 Å². The molecule has 1 aromatic heterocycles. The fraction of sp³-hybridized carbons (Fsp3) is 0.556. The quantitative estimate of drug-likeness (QED) is 0.732. The average Bonchev–Trinajstić information content (AvgIpc) is 2.33. The minimum absolute atomic E-state index is 0.0995. The van der Waals surface area contributed by atoms with Crippen molar-refractivity contribution in [1.82, 2.24) is 9.78 Å². The van der Waals surface area contributed by atoms with Gasteiger partial charge in [0.2, 0.25) is 0 Å². The van der Waals surface area contributed by atoms with Gasteiger partial charge in [0.05, 0.1) is 5.92 Å². The number of aromatic nitrogens is 2. The van der Waals surface area contributed by atoms with Crippen LogP contribution in [0.2, 0.25) is 0 Å². The third-order valence-electron chi connectivity index (χ3n) is 2.31. The summed E-state index contributed by atoms with van der Waals surface area (Å²) in [4.78, 5) is 21.9. The highest BCUT2D eigenvalue weighted by atomic mass is 16.4. The highest BCUT2D eigenvalue weighted by Gasteiger charge is 2.16. The first-order chi connectivity index (χ1) is 6.43. The van der Waals surface area contributed by atoms with Gasteiger partial charge in [-0.3, -0.25) is 19.4 Å². The normalized spacial score (nSPS) is 12.8. The van der Waals surface area contributed by atoms with Crippen LogP contribution >= 0.6 is 0 Å². The lowest BCUT2D eigenvalue weighted by atomic mass is 10.0. The van der Waals surface area contributed by atoms with Gasteiger partial charge in [0.15, 0.2) is 0 Å². The maximum atomic E-state index is 11.3. The molecule has 0 bridgehead atoms. The van der Waals surface area contributed by atoms with Crippen LogP contribution in [0.15, 0.2) is 4.79 Å². The fourth-order valence-electron chi connectivity index (χ4n) is 1.31. The molecule has 1 unspecified atom stereocenters. The largest absolute Gasteiger partial charge is 0.481 e. The van der Waals surface area contributed by atoms with Crippen LogP contribution in [0.25, 0.3) is 0 Å². The molecule has 0 aliphatic carbocycles. The molecule has 0 aliphatic heterocycles. The van der Waals surface area contributed by atoms with Crippen molar-refractivity contribution in [3.63, 3.8) is 0 Å². The first-order valence-corrected chi connectivity index (χ1v) is 4.40. The summed E-state index contributed by atoms with van der Waals surface area (Å²) in [6.45, 7) is 3.32. The van der Waals surface area contributed by atoms with Crippen molar-refractivity contribution in [2.45, 2.75) is 20.3 Å². The minimum Gasteiger partial charge on any atom is -0.481 e. The second-order valence-corrected chi connectivity index (χ2v) is 3.52. The van der Waals surface area contributed by atoms with Crippen molar-refractivity contribution < 1.29 is 9.90 Å². The summed E-state index contributed by atoms with van der Waals surface area (Å²) < 4.78 is 1.36. The summed E-state index contributed by atoms with van der Waals surface area (Å²) in [5.74, 6) is -1.33. The Hall–Kier alpha value is -1.52. The van der Waals surface area contributed by atoms with Gasteiger partial charge in [-0.05, 0) is 6.92 Å². The third-order valence-corrected chi connectivity index (χ3v) is 2.31. The number of nitrogens with zero attached hydrogens (tertiary/aromatic N) is 1. The van der Waals surface area contributed by atoms with E-state index in [-0.39, 0.29) is 5.56 Å². The molecule has 0 spiro atoms. The van der Waals surface area contributed by atoms with Crippen molar-refractivity contribution >= 4 is 5.97 Å². The lowest BCUT2D eigenvalue weighted by molar-refractivity contribution is -0.141. The van der Waals surface area contributed by atoms with Crippen LogP contribution in [0.5, 0.6) is 0 Å². The number of H-pyrrole nitrogens is 1. The van der Waals surface area contributed by atoms with Crippen LogP contribution < -0.4 is 5.56 Å². The second kappa shape index (κ2) is 3.69. The zero-order valence-electron chi connectivity index (χ0n) is 8.50. The standard InChI is InChI=1S/C9H14N2O3/c1-5(9(13)14)4-7-6(2)8(12)11(3)10-7/h5,10H,4H2,1-3H3,(H,13,14). The van der Waals surface area contributed by atoms with E-state index in [0.717, 1.165) is 0 Å². The van der Waals surface area contributed by atoms with E-state index in [1.165, 1.54) is 4.68 Å². The minimum atomic E-state index is -0.853. The zero-order chi connectivity index (χ0) is 10.9. The molecule has 0 saturated carbocycles. The lowest BCUT2D eigenvalue weighted by Gasteiger charge is -2.03. The molecule has 5 nitrogen and oxygen atoms in total. The zero-order valence-corrected chi connectivity index (χ0v) is 8.50. The number of aryl methyl sites for hydroxylation is 1. The van der Waals surface area contributed by atoms with E-state index >= 15 is 0 Å². The van der Waals surface area contributed by atoms with Crippen molar-refractivity contribution in [1.29, 1.82) is 0 Å². The van der Waals surface area contributed by atoms with Gasteiger partial charge in [0.25, 0.3) is 5.56 Å². The second-order valence-electron chi connectivity index (χ2n) is 3.52. The summed E-state index contributed by atoms with van der Waals surface area (Å²) in [7, 11) is 1.62. The van der Waals surface area contributed by atoms with Crippen LogP contribution in [-0.4, -0.2) is 20.9 Å². The molecule has 0 amide bonds. The van der Waals surface area contributed by atoms with Gasteiger partial charge in [-0.2, -0.15) is 0 Å². The lowest BCUT2D eigenvalue weighted by Crippen LogP contribution is -2.13. The summed E-state index contributed by atoms with van der Waals surface area (Å²) in [5, 5.41) is 11.6. The Bertz CT molecular complexity index is 403. The van der Waals surface area contributed by atoms with Crippen LogP contribution in [0.4, 0.5) is 0 Å². The van der Waals surface area contributed by atoms with E-state index in [9.17, 15) is 9.59 Å². The van der Waals surface area contributed by atoms with Gasteiger partial charge in [-0.25, -0.2) is 0 Å². The van der Waals surface area contributed by atoms with Crippen LogP contribution in [0.3, 0.4) is 0 Å². The van der Waals surface area contributed by atoms with Crippen LogP contribution in [-0.2, 0) is 18.3 Å². The van der Waals surface area contributed by atoms with Crippen molar-refractivity contribution in [2.75, 3.05) is 0 Å². The molecule has 1 heterocycles. The van der Waals surface area contributed by atoms with E-state index in [4.69, 9.17) is 5.11 Å². The van der Waals surface area contributed by atoms with E-state index in [0.29, 0.717) is 17.7 Å². The number of rotatable bonds is 3. The molecule has 0 saturated heterocycles. The molecule has 5 heteroatoms. The molecule has 0 radical (unpaired) electrons. The van der Waals surface area contributed by atoms with Gasteiger partial charge in [-0.15, -0.1) is 0 Å². The van der Waals surface area contributed by atoms with E-state index in [2.05, 4.69) is 5.10 Å². The number of aliphatic carboxylic acids is 1. The van der Waals surface area contributed by atoms with E-state index < -0.39 is 11.9 Å². The fourth-order valence-corrected chi connectivity index (χ4v) is 1.31. The van der Waals surface area contributed by atoms with E-state index in [1.54, 1.807) is 20.9 Å². The number of aromatic amines is 1. The maximum absolute atomic E-state index is 11.3. The first kappa shape index (κ1) is 10.6. The van der Waals surface area contributed by atoms with Gasteiger partial charge in [-0.1, -0.05) is 6.92 Å². The smallest absolute Gasteiger partial charge is 0.306 e. The number of nitrogens with one attached hydrogen (secondary N) is 1. The number of hydrogen-bond donors (Lipinski definition) is 2. The Morgan fingerprint density at radius 1 is 1.64 bits per heavy atom. The topological polar surface area (TPSA) is 75.1 Å². The molecule has 78 valence electrons. The predicted octanol–water partition coefficient (Wildman–Crippen LogP) is 0.285. The molecular formula is C9H14N2O3. The molecule has 1 aromatic rings. The Balaban J connectivity index is 2.93. The van der Waals surface area contributed by atoms with Gasteiger partial charge >= 0.3 is 5.97 Å².